The van der Waals surface area contributed by atoms with E-state index in [-0.39, 0.29) is 0 Å². The summed E-state index contributed by atoms with van der Waals surface area (Å²) in [7, 11) is 0. The van der Waals surface area contributed by atoms with Crippen molar-refractivity contribution in [3.05, 3.63) is 6.07 Å². The van der Waals surface area contributed by atoms with Crippen LogP contribution in [0, 0.1) is 0 Å². The molecular weight excluding hydrogens is 236 g/mol. The standard InChI is InChI=1S/C11H16N4OS/c1-17-11-13-9(12)4-10(14-11)15-5-7-2-3-8(6-15)16-7/h4,7-8H,2-3,5-6H2,1H3,(H2,12,13,14). The Bertz CT molecular complexity index is 416. The highest BCUT2D eigenvalue weighted by atomic mass is 32.2. The number of nitrogens with two attached hydrogens (primary N) is 1. The molecule has 2 N–H and O–H groups in total. The van der Waals surface area contributed by atoms with Crippen molar-refractivity contribution in [2.45, 2.75) is 30.2 Å². The molecule has 2 unspecified atom stereocenters. The molecule has 2 atom stereocenters. The van der Waals surface area contributed by atoms with Gasteiger partial charge in [0.15, 0.2) is 5.16 Å². The van der Waals surface area contributed by atoms with Gasteiger partial charge in [-0.25, -0.2) is 9.97 Å². The first kappa shape index (κ1) is 11.1. The van der Waals surface area contributed by atoms with Crippen molar-refractivity contribution in [2.75, 3.05) is 30.0 Å². The Morgan fingerprint density at radius 3 is 2.71 bits per heavy atom. The highest BCUT2D eigenvalue weighted by Crippen LogP contribution is 2.29. The maximum atomic E-state index is 5.81. The third kappa shape index (κ3) is 2.19. The second-order valence-corrected chi connectivity index (χ2v) is 5.27. The zero-order chi connectivity index (χ0) is 11.8. The van der Waals surface area contributed by atoms with Gasteiger partial charge >= 0.3 is 0 Å². The molecular formula is C11H16N4OS. The van der Waals surface area contributed by atoms with Crippen molar-refractivity contribution in [1.29, 1.82) is 0 Å². The molecule has 0 saturated carbocycles. The van der Waals surface area contributed by atoms with Crippen LogP contribution in [0.15, 0.2) is 11.2 Å². The number of nitrogen functional groups attached to an aromatic ring is 1. The highest BCUT2D eigenvalue weighted by molar-refractivity contribution is 7.98. The number of aromatic nitrogens is 2. The van der Waals surface area contributed by atoms with Gasteiger partial charge in [-0.15, -0.1) is 0 Å². The van der Waals surface area contributed by atoms with E-state index in [1.807, 2.05) is 12.3 Å². The topological polar surface area (TPSA) is 64.3 Å². The quantitative estimate of drug-likeness (QED) is 0.629. The van der Waals surface area contributed by atoms with Crippen molar-refractivity contribution in [1.82, 2.24) is 9.97 Å². The summed E-state index contributed by atoms with van der Waals surface area (Å²) in [4.78, 5) is 11.0. The van der Waals surface area contributed by atoms with Crippen LogP contribution in [0.4, 0.5) is 11.6 Å². The first-order valence-corrected chi connectivity index (χ1v) is 7.06. The third-order valence-electron chi connectivity index (χ3n) is 3.26. The summed E-state index contributed by atoms with van der Waals surface area (Å²) in [5.74, 6) is 1.47. The minimum Gasteiger partial charge on any atom is -0.383 e. The number of thioether (sulfide) groups is 1. The lowest BCUT2D eigenvalue weighted by molar-refractivity contribution is 0.0302. The first-order chi connectivity index (χ1) is 8.24. The maximum Gasteiger partial charge on any atom is 0.191 e. The summed E-state index contributed by atoms with van der Waals surface area (Å²) in [6.45, 7) is 1.83. The van der Waals surface area contributed by atoms with Crippen LogP contribution in [0.5, 0.6) is 0 Å². The molecule has 0 radical (unpaired) electrons. The minimum absolute atomic E-state index is 0.364. The number of fused-ring (bicyclic) bond motifs is 2. The normalized spacial score (nSPS) is 27.5. The summed E-state index contributed by atoms with van der Waals surface area (Å²) in [6.07, 6.45) is 5.01. The smallest absolute Gasteiger partial charge is 0.191 e. The minimum atomic E-state index is 0.364. The number of rotatable bonds is 2. The lowest BCUT2D eigenvalue weighted by atomic mass is 10.2. The lowest BCUT2D eigenvalue weighted by Gasteiger charge is -2.33. The lowest BCUT2D eigenvalue weighted by Crippen LogP contribution is -2.43. The van der Waals surface area contributed by atoms with E-state index in [1.165, 1.54) is 11.8 Å². The molecule has 0 aromatic carbocycles. The van der Waals surface area contributed by atoms with Crippen LogP contribution in [0.2, 0.25) is 0 Å². The van der Waals surface area contributed by atoms with Crippen LogP contribution in [0.1, 0.15) is 12.8 Å². The van der Waals surface area contributed by atoms with Crippen molar-refractivity contribution in [2.24, 2.45) is 0 Å². The average molecular weight is 252 g/mol. The fraction of sp³-hybridized carbons (Fsp3) is 0.636. The number of ether oxygens (including phenoxy) is 1. The molecule has 0 spiro atoms. The van der Waals surface area contributed by atoms with Crippen molar-refractivity contribution in [3.63, 3.8) is 0 Å². The predicted octanol–water partition coefficient (Wildman–Crippen LogP) is 1.15. The van der Waals surface area contributed by atoms with Crippen LogP contribution in [-0.2, 0) is 4.74 Å². The Morgan fingerprint density at radius 1 is 1.35 bits per heavy atom. The van der Waals surface area contributed by atoms with Gasteiger partial charge in [0, 0.05) is 19.2 Å². The molecule has 0 aliphatic carbocycles. The Kier molecular flexibility index (Phi) is 2.84. The number of hydrogen-bond donors (Lipinski definition) is 1. The van der Waals surface area contributed by atoms with Crippen molar-refractivity contribution >= 4 is 23.4 Å². The Balaban J connectivity index is 1.86. The van der Waals surface area contributed by atoms with Crippen molar-refractivity contribution in [3.8, 4) is 0 Å². The Labute approximate surface area is 105 Å². The fourth-order valence-electron chi connectivity index (χ4n) is 2.49. The Morgan fingerprint density at radius 2 is 2.06 bits per heavy atom. The van der Waals surface area contributed by atoms with Crippen LogP contribution >= 0.6 is 11.8 Å². The van der Waals surface area contributed by atoms with Gasteiger partial charge in [0.05, 0.1) is 12.2 Å². The van der Waals surface area contributed by atoms with Gasteiger partial charge in [0.25, 0.3) is 0 Å². The van der Waals surface area contributed by atoms with Crippen LogP contribution < -0.4 is 10.6 Å². The number of anilines is 2. The number of nitrogens with zero attached hydrogens (tertiary/aromatic N) is 3. The summed E-state index contributed by atoms with van der Waals surface area (Å²) in [5, 5.41) is 0.735. The molecule has 6 heteroatoms. The largest absolute Gasteiger partial charge is 0.383 e. The summed E-state index contributed by atoms with van der Waals surface area (Å²) in [6, 6.07) is 1.85. The molecule has 2 aliphatic heterocycles. The van der Waals surface area contributed by atoms with E-state index < -0.39 is 0 Å². The van der Waals surface area contributed by atoms with E-state index in [0.717, 1.165) is 36.9 Å². The summed E-state index contributed by atoms with van der Waals surface area (Å²) in [5.41, 5.74) is 5.80. The number of hydrogen-bond acceptors (Lipinski definition) is 6. The first-order valence-electron chi connectivity index (χ1n) is 5.83. The molecule has 2 bridgehead atoms. The zero-order valence-electron chi connectivity index (χ0n) is 9.80. The second kappa shape index (κ2) is 4.34. The molecule has 2 saturated heterocycles. The third-order valence-corrected chi connectivity index (χ3v) is 3.81. The fourth-order valence-corrected chi connectivity index (χ4v) is 2.87. The van der Waals surface area contributed by atoms with E-state index in [9.17, 15) is 0 Å². The van der Waals surface area contributed by atoms with Crippen molar-refractivity contribution < 1.29 is 4.74 Å². The van der Waals surface area contributed by atoms with Crippen LogP contribution in [0.25, 0.3) is 0 Å². The van der Waals surface area contributed by atoms with E-state index in [2.05, 4.69) is 14.9 Å². The van der Waals surface area contributed by atoms with Gasteiger partial charge in [-0.1, -0.05) is 11.8 Å². The average Bonchev–Trinajstić information content (AvgIpc) is 2.67. The Hall–Kier alpha value is -1.01. The number of morpholine rings is 1. The molecule has 3 heterocycles. The molecule has 1 aromatic heterocycles. The molecule has 2 aliphatic rings. The zero-order valence-corrected chi connectivity index (χ0v) is 10.6. The van der Waals surface area contributed by atoms with Crippen LogP contribution in [0.3, 0.4) is 0 Å². The summed E-state index contributed by atoms with van der Waals surface area (Å²) >= 11 is 1.52. The van der Waals surface area contributed by atoms with Gasteiger partial charge < -0.3 is 15.4 Å². The molecule has 17 heavy (non-hydrogen) atoms. The van der Waals surface area contributed by atoms with Gasteiger partial charge in [0.1, 0.15) is 11.6 Å². The van der Waals surface area contributed by atoms with E-state index in [1.54, 1.807) is 0 Å². The monoisotopic (exact) mass is 252 g/mol. The molecule has 0 amide bonds. The van der Waals surface area contributed by atoms with Gasteiger partial charge in [-0.05, 0) is 19.1 Å². The van der Waals surface area contributed by atoms with Gasteiger partial charge in [0.2, 0.25) is 0 Å². The van der Waals surface area contributed by atoms with Gasteiger partial charge in [-0.3, -0.25) is 0 Å². The molecule has 2 fully saturated rings. The SMILES string of the molecule is CSc1nc(N)cc(N2CC3CCC(C2)O3)n1. The van der Waals surface area contributed by atoms with E-state index in [4.69, 9.17) is 10.5 Å². The molecule has 1 aromatic rings. The molecule has 5 nitrogen and oxygen atoms in total. The van der Waals surface area contributed by atoms with E-state index in [0.29, 0.717) is 18.0 Å². The predicted molar refractivity (Wildman–Crippen MR) is 68.3 cm³/mol. The van der Waals surface area contributed by atoms with Gasteiger partial charge in [-0.2, -0.15) is 0 Å². The maximum absolute atomic E-state index is 5.81. The molecule has 3 rings (SSSR count). The van der Waals surface area contributed by atoms with E-state index >= 15 is 0 Å². The highest BCUT2D eigenvalue weighted by Gasteiger charge is 2.34. The van der Waals surface area contributed by atoms with Crippen LogP contribution in [-0.4, -0.2) is 41.5 Å². The summed E-state index contributed by atoms with van der Waals surface area (Å²) < 4.78 is 5.81. The molecule has 92 valence electrons. The second-order valence-electron chi connectivity index (χ2n) is 4.50.